The third kappa shape index (κ3) is 4.41. The number of allylic oxidation sites excluding steroid dienone is 3. The van der Waals surface area contributed by atoms with E-state index in [4.69, 9.17) is 9.79 Å². The third-order valence-corrected chi connectivity index (χ3v) is 4.14. The number of aromatic hydroxyl groups is 1. The number of aliphatic hydroxyl groups is 1. The first-order valence-electron chi connectivity index (χ1n) is 7.28. The van der Waals surface area contributed by atoms with Crippen molar-refractivity contribution in [1.29, 1.82) is 0 Å². The van der Waals surface area contributed by atoms with Crippen molar-refractivity contribution in [1.82, 2.24) is 0 Å². The zero-order valence-electron chi connectivity index (χ0n) is 12.9. The van der Waals surface area contributed by atoms with Crippen molar-refractivity contribution in [3.8, 4) is 5.75 Å². The van der Waals surface area contributed by atoms with E-state index < -0.39 is 19.6 Å². The van der Waals surface area contributed by atoms with Crippen LogP contribution in [0.2, 0.25) is 0 Å². The standard InChI is InChI=1S/C16H18NO6P/c1-2-13(10-4-3-5-11(18)8-10)16(20)14-7-6-12(19)9-15(14)17-24(21,22)23/h3-9,13-14,18-19H,2H2,1H3,(H2,21,22,23)/b17-15+. The molecule has 0 saturated carbocycles. The minimum atomic E-state index is -4.75. The van der Waals surface area contributed by atoms with Crippen LogP contribution in [0.4, 0.5) is 0 Å². The normalized spacial score (nSPS) is 20.7. The summed E-state index contributed by atoms with van der Waals surface area (Å²) in [4.78, 5) is 31.0. The fourth-order valence-electron chi connectivity index (χ4n) is 2.62. The molecule has 0 radical (unpaired) electrons. The Morgan fingerprint density at radius 1 is 1.33 bits per heavy atom. The molecule has 2 atom stereocenters. The van der Waals surface area contributed by atoms with Crippen LogP contribution < -0.4 is 0 Å². The Morgan fingerprint density at radius 2 is 2.04 bits per heavy atom. The summed E-state index contributed by atoms with van der Waals surface area (Å²) in [6.07, 6.45) is 4.15. The zero-order valence-corrected chi connectivity index (χ0v) is 13.8. The molecule has 0 fully saturated rings. The Kier molecular flexibility index (Phi) is 5.39. The summed E-state index contributed by atoms with van der Waals surface area (Å²) in [7, 11) is -4.75. The van der Waals surface area contributed by atoms with Gasteiger partial charge in [-0.2, -0.15) is 4.76 Å². The van der Waals surface area contributed by atoms with Gasteiger partial charge in [0.15, 0.2) is 5.78 Å². The second-order valence-electron chi connectivity index (χ2n) is 5.40. The van der Waals surface area contributed by atoms with Gasteiger partial charge in [-0.05, 0) is 30.2 Å². The average molecular weight is 351 g/mol. The molecule has 0 saturated heterocycles. The molecule has 2 unspecified atom stereocenters. The van der Waals surface area contributed by atoms with E-state index in [1.54, 1.807) is 19.1 Å². The molecule has 0 spiro atoms. The highest BCUT2D eigenvalue weighted by molar-refractivity contribution is 7.50. The number of nitrogens with zero attached hydrogens (tertiary/aromatic N) is 1. The van der Waals surface area contributed by atoms with Crippen LogP contribution >= 0.6 is 7.75 Å². The van der Waals surface area contributed by atoms with Crippen molar-refractivity contribution >= 4 is 19.2 Å². The minimum absolute atomic E-state index is 0.0274. The van der Waals surface area contributed by atoms with Crippen LogP contribution in [0.15, 0.2) is 53.0 Å². The zero-order chi connectivity index (χ0) is 17.9. The summed E-state index contributed by atoms with van der Waals surface area (Å²) in [6.45, 7) is 1.80. The Morgan fingerprint density at radius 3 is 2.62 bits per heavy atom. The number of benzene rings is 1. The highest BCUT2D eigenvalue weighted by atomic mass is 31.2. The van der Waals surface area contributed by atoms with E-state index in [0.717, 1.165) is 6.08 Å². The number of hydrogen-bond acceptors (Lipinski definition) is 4. The quantitative estimate of drug-likeness (QED) is 0.604. The molecule has 0 bridgehead atoms. The maximum absolute atomic E-state index is 12.9. The van der Waals surface area contributed by atoms with Crippen LogP contribution in [0, 0.1) is 5.92 Å². The molecule has 1 aromatic rings. The van der Waals surface area contributed by atoms with E-state index >= 15 is 0 Å². The van der Waals surface area contributed by atoms with E-state index in [-0.39, 0.29) is 23.0 Å². The predicted octanol–water partition coefficient (Wildman–Crippen LogP) is 2.62. The van der Waals surface area contributed by atoms with Gasteiger partial charge in [0.05, 0.1) is 11.6 Å². The van der Waals surface area contributed by atoms with Crippen molar-refractivity contribution in [2.45, 2.75) is 19.3 Å². The number of ketones is 1. The van der Waals surface area contributed by atoms with Crippen LogP contribution in [0.1, 0.15) is 24.8 Å². The Labute approximate surface area is 138 Å². The van der Waals surface area contributed by atoms with E-state index in [1.165, 1.54) is 24.3 Å². The minimum Gasteiger partial charge on any atom is -0.508 e. The second kappa shape index (κ2) is 7.13. The van der Waals surface area contributed by atoms with Gasteiger partial charge in [-0.15, -0.1) is 0 Å². The smallest absolute Gasteiger partial charge is 0.448 e. The van der Waals surface area contributed by atoms with Gasteiger partial charge in [-0.3, -0.25) is 4.79 Å². The predicted molar refractivity (Wildman–Crippen MR) is 89.0 cm³/mol. The van der Waals surface area contributed by atoms with Crippen LogP contribution in [0.5, 0.6) is 5.75 Å². The summed E-state index contributed by atoms with van der Waals surface area (Å²) in [5, 5.41) is 19.1. The lowest BCUT2D eigenvalue weighted by Crippen LogP contribution is -2.28. The first-order valence-corrected chi connectivity index (χ1v) is 8.85. The fourth-order valence-corrected chi connectivity index (χ4v) is 3.11. The summed E-state index contributed by atoms with van der Waals surface area (Å²) in [5.74, 6) is -2.10. The lowest BCUT2D eigenvalue weighted by Gasteiger charge is -2.22. The average Bonchev–Trinajstić information content (AvgIpc) is 2.46. The monoisotopic (exact) mass is 351 g/mol. The first-order chi connectivity index (χ1) is 11.2. The molecule has 1 aromatic carbocycles. The van der Waals surface area contributed by atoms with Gasteiger partial charge in [0, 0.05) is 12.0 Å². The number of carbonyl (C=O) groups is 1. The van der Waals surface area contributed by atoms with E-state index in [9.17, 15) is 19.6 Å². The molecule has 0 aromatic heterocycles. The number of phenols is 1. The van der Waals surface area contributed by atoms with Crippen molar-refractivity contribution in [3.05, 3.63) is 53.8 Å². The molecule has 24 heavy (non-hydrogen) atoms. The molecule has 0 amide bonds. The molecule has 2 rings (SSSR count). The van der Waals surface area contributed by atoms with E-state index in [1.807, 2.05) is 0 Å². The van der Waals surface area contributed by atoms with Crippen molar-refractivity contribution in [2.75, 3.05) is 0 Å². The molecule has 8 heteroatoms. The number of aliphatic hydroxyl groups excluding tert-OH is 1. The van der Waals surface area contributed by atoms with Gasteiger partial charge in [0.2, 0.25) is 0 Å². The van der Waals surface area contributed by atoms with Gasteiger partial charge >= 0.3 is 7.75 Å². The molecule has 1 aliphatic rings. The summed E-state index contributed by atoms with van der Waals surface area (Å²) in [5.41, 5.74) is 0.414. The highest BCUT2D eigenvalue weighted by Gasteiger charge is 2.31. The van der Waals surface area contributed by atoms with Crippen molar-refractivity contribution < 1.29 is 29.4 Å². The molecular weight excluding hydrogens is 333 g/mol. The lowest BCUT2D eigenvalue weighted by atomic mass is 9.82. The molecule has 4 N–H and O–H groups in total. The van der Waals surface area contributed by atoms with Crippen molar-refractivity contribution in [2.24, 2.45) is 10.7 Å². The number of carbonyl (C=O) groups excluding carboxylic acids is 1. The van der Waals surface area contributed by atoms with Crippen LogP contribution in [-0.2, 0) is 9.36 Å². The van der Waals surface area contributed by atoms with Gasteiger partial charge < -0.3 is 20.0 Å². The molecule has 7 nitrogen and oxygen atoms in total. The summed E-state index contributed by atoms with van der Waals surface area (Å²) in [6, 6.07) is 6.29. The fraction of sp³-hybridized carbons (Fsp3) is 0.250. The molecule has 0 aliphatic heterocycles. The molecular formula is C16H18NO6P. The second-order valence-corrected chi connectivity index (χ2v) is 6.63. The number of hydrogen-bond donors (Lipinski definition) is 4. The number of rotatable bonds is 5. The summed E-state index contributed by atoms with van der Waals surface area (Å²) < 4.78 is 14.4. The van der Waals surface area contributed by atoms with E-state index in [0.29, 0.717) is 12.0 Å². The van der Waals surface area contributed by atoms with Crippen LogP contribution in [0.3, 0.4) is 0 Å². The highest BCUT2D eigenvalue weighted by Crippen LogP contribution is 2.39. The summed E-state index contributed by atoms with van der Waals surface area (Å²) >= 11 is 0. The largest absolute Gasteiger partial charge is 0.508 e. The van der Waals surface area contributed by atoms with Gasteiger partial charge in [0.1, 0.15) is 11.5 Å². The van der Waals surface area contributed by atoms with Crippen LogP contribution in [0.25, 0.3) is 0 Å². The molecule has 128 valence electrons. The SMILES string of the molecule is CCC(C(=O)C1C=CC(O)=C/C1=N\P(=O)(O)O)c1cccc(O)c1. The lowest BCUT2D eigenvalue weighted by molar-refractivity contribution is -0.121. The number of phenolic OH excluding ortho intramolecular Hbond substituents is 1. The molecule has 0 heterocycles. The Balaban J connectivity index is 2.40. The maximum Gasteiger partial charge on any atom is 0.448 e. The maximum atomic E-state index is 12.9. The Bertz CT molecular complexity index is 777. The van der Waals surface area contributed by atoms with Gasteiger partial charge in [-0.25, -0.2) is 4.57 Å². The van der Waals surface area contributed by atoms with Crippen LogP contribution in [-0.4, -0.2) is 31.5 Å². The first kappa shape index (κ1) is 18.1. The molecule has 1 aliphatic carbocycles. The Hall–Kier alpha value is -2.21. The van der Waals surface area contributed by atoms with Crippen molar-refractivity contribution in [3.63, 3.8) is 0 Å². The van der Waals surface area contributed by atoms with Gasteiger partial charge in [0.25, 0.3) is 0 Å². The topological polar surface area (TPSA) is 127 Å². The third-order valence-electron chi connectivity index (χ3n) is 3.65. The van der Waals surface area contributed by atoms with E-state index in [2.05, 4.69) is 4.76 Å². The van der Waals surface area contributed by atoms with Gasteiger partial charge in [-0.1, -0.05) is 25.1 Å². The number of Topliss-reactive ketones (excluding diaryl/α,β-unsaturated/α-hetero) is 1.